The van der Waals surface area contributed by atoms with Crippen LogP contribution in [0.25, 0.3) is 0 Å². The Labute approximate surface area is 96.8 Å². The maximum Gasteiger partial charge on any atom is 0.223 e. The van der Waals surface area contributed by atoms with Crippen LogP contribution in [0.4, 0.5) is 0 Å². The fourth-order valence-electron chi connectivity index (χ4n) is 6.42. The van der Waals surface area contributed by atoms with Gasteiger partial charge in [-0.3, -0.25) is 10.1 Å². The summed E-state index contributed by atoms with van der Waals surface area (Å²) in [5.41, 5.74) is 0.0922. The normalized spacial score (nSPS) is 58.9. The minimum Gasteiger partial charge on any atom is -0.264 e. The van der Waals surface area contributed by atoms with Crippen LogP contribution in [0.3, 0.4) is 0 Å². The van der Waals surface area contributed by atoms with E-state index in [1.807, 2.05) is 0 Å². The summed E-state index contributed by atoms with van der Waals surface area (Å²) in [5, 5.41) is 11.5. The smallest absolute Gasteiger partial charge is 0.223 e. The molecule has 0 aromatic carbocycles. The fraction of sp³-hybridized carbons (Fsp3) is 1.00. The second-order valence-corrected chi connectivity index (χ2v) is 7.97. The van der Waals surface area contributed by atoms with Crippen molar-refractivity contribution in [2.45, 2.75) is 64.8 Å². The molecule has 4 rings (SSSR count). The van der Waals surface area contributed by atoms with Crippen LogP contribution in [0.15, 0.2) is 0 Å². The Bertz CT molecular complexity index is 323. The van der Waals surface area contributed by atoms with Crippen LogP contribution in [-0.4, -0.2) is 10.5 Å². The van der Waals surface area contributed by atoms with E-state index in [9.17, 15) is 10.1 Å². The predicted molar refractivity (Wildman–Crippen MR) is 61.7 cm³/mol. The van der Waals surface area contributed by atoms with Crippen molar-refractivity contribution in [3.63, 3.8) is 0 Å². The average Bonchev–Trinajstić information content (AvgIpc) is 1.92. The second kappa shape index (κ2) is 2.46. The molecule has 0 heterocycles. The van der Waals surface area contributed by atoms with Crippen LogP contribution in [0.5, 0.6) is 0 Å². The van der Waals surface area contributed by atoms with E-state index in [1.54, 1.807) is 0 Å². The molecule has 0 aliphatic heterocycles. The Balaban J connectivity index is 2.11. The summed E-state index contributed by atoms with van der Waals surface area (Å²) in [4.78, 5) is 11.5. The van der Waals surface area contributed by atoms with Gasteiger partial charge in [-0.05, 0) is 35.5 Å². The van der Waals surface area contributed by atoms with Gasteiger partial charge in [0, 0.05) is 24.2 Å². The van der Waals surface area contributed by atoms with Crippen LogP contribution < -0.4 is 0 Å². The summed E-state index contributed by atoms with van der Waals surface area (Å²) in [5.74, 6) is 0. The molecule has 4 aliphatic rings. The first kappa shape index (κ1) is 10.5. The van der Waals surface area contributed by atoms with E-state index < -0.39 is 5.54 Å². The number of nitrogens with zero attached hydrogens (tertiary/aromatic N) is 1. The van der Waals surface area contributed by atoms with Crippen LogP contribution >= 0.6 is 0 Å². The lowest BCUT2D eigenvalue weighted by atomic mass is 9.39. The molecule has 0 unspecified atom stereocenters. The predicted octanol–water partition coefficient (Wildman–Crippen LogP) is 3.40. The summed E-state index contributed by atoms with van der Waals surface area (Å²) < 4.78 is 0. The monoisotopic (exact) mass is 223 g/mol. The molecule has 90 valence electrons. The van der Waals surface area contributed by atoms with E-state index >= 15 is 0 Å². The zero-order chi connectivity index (χ0) is 11.8. The van der Waals surface area contributed by atoms with Crippen molar-refractivity contribution in [3.05, 3.63) is 10.1 Å². The van der Waals surface area contributed by atoms with Crippen molar-refractivity contribution in [1.82, 2.24) is 0 Å². The van der Waals surface area contributed by atoms with E-state index in [-0.39, 0.29) is 21.2 Å². The van der Waals surface area contributed by atoms with Crippen molar-refractivity contribution in [2.24, 2.45) is 16.2 Å². The van der Waals surface area contributed by atoms with Gasteiger partial charge in [0.05, 0.1) is 0 Å². The Kier molecular flexibility index (Phi) is 1.62. The van der Waals surface area contributed by atoms with E-state index in [0.717, 1.165) is 19.3 Å². The van der Waals surface area contributed by atoms with Crippen molar-refractivity contribution < 1.29 is 4.92 Å². The largest absolute Gasteiger partial charge is 0.264 e. The van der Waals surface area contributed by atoms with Gasteiger partial charge in [0.15, 0.2) is 0 Å². The van der Waals surface area contributed by atoms with Crippen molar-refractivity contribution in [3.8, 4) is 0 Å². The maximum absolute atomic E-state index is 11.5. The van der Waals surface area contributed by atoms with Gasteiger partial charge in [-0.2, -0.15) is 0 Å². The topological polar surface area (TPSA) is 43.1 Å². The molecule has 0 N–H and O–H groups in total. The molecule has 0 atom stereocenters. The van der Waals surface area contributed by atoms with Gasteiger partial charge in [0.25, 0.3) is 0 Å². The molecule has 4 aliphatic carbocycles. The van der Waals surface area contributed by atoms with Gasteiger partial charge in [-0.15, -0.1) is 0 Å². The highest BCUT2D eigenvalue weighted by Gasteiger charge is 2.69. The van der Waals surface area contributed by atoms with Gasteiger partial charge < -0.3 is 0 Å². The number of hydrogen-bond donors (Lipinski definition) is 0. The quantitative estimate of drug-likeness (QED) is 0.505. The Morgan fingerprint density at radius 3 is 1.38 bits per heavy atom. The summed E-state index contributed by atoms with van der Waals surface area (Å²) in [6.07, 6.45) is 6.05. The SMILES string of the molecule is CC12CC3(C)CC(C)(C1)CC([N+](=O)[O-])(C2)C3. The molecule has 0 radical (unpaired) electrons. The van der Waals surface area contributed by atoms with Crippen molar-refractivity contribution in [2.75, 3.05) is 0 Å². The minimum atomic E-state index is -0.590. The van der Waals surface area contributed by atoms with Crippen molar-refractivity contribution in [1.29, 1.82) is 0 Å². The van der Waals surface area contributed by atoms with Crippen LogP contribution in [-0.2, 0) is 0 Å². The third-order valence-corrected chi connectivity index (χ3v) is 5.22. The second-order valence-electron chi connectivity index (χ2n) is 7.97. The maximum atomic E-state index is 11.5. The fourth-order valence-corrected chi connectivity index (χ4v) is 6.42. The molecular formula is C13H21NO2. The van der Waals surface area contributed by atoms with Gasteiger partial charge in [0.2, 0.25) is 5.54 Å². The summed E-state index contributed by atoms with van der Waals surface area (Å²) in [7, 11) is 0. The highest BCUT2D eigenvalue weighted by molar-refractivity contribution is 5.15. The lowest BCUT2D eigenvalue weighted by Crippen LogP contribution is -2.64. The van der Waals surface area contributed by atoms with Gasteiger partial charge in [0.1, 0.15) is 0 Å². The van der Waals surface area contributed by atoms with Gasteiger partial charge >= 0.3 is 0 Å². The number of hydrogen-bond acceptors (Lipinski definition) is 2. The molecule has 16 heavy (non-hydrogen) atoms. The number of nitro groups is 1. The lowest BCUT2D eigenvalue weighted by molar-refractivity contribution is -0.598. The van der Waals surface area contributed by atoms with Crippen LogP contribution in [0, 0.1) is 26.4 Å². The van der Waals surface area contributed by atoms with E-state index in [0.29, 0.717) is 0 Å². The van der Waals surface area contributed by atoms with Gasteiger partial charge in [-0.1, -0.05) is 20.8 Å². The third kappa shape index (κ3) is 1.20. The Morgan fingerprint density at radius 2 is 1.12 bits per heavy atom. The average molecular weight is 223 g/mol. The zero-order valence-corrected chi connectivity index (χ0v) is 10.5. The van der Waals surface area contributed by atoms with Crippen molar-refractivity contribution >= 4 is 0 Å². The molecule has 3 nitrogen and oxygen atoms in total. The molecule has 0 amide bonds. The molecule has 0 aromatic rings. The first-order valence-corrected chi connectivity index (χ1v) is 6.33. The van der Waals surface area contributed by atoms with E-state index in [2.05, 4.69) is 20.8 Å². The summed E-state index contributed by atoms with van der Waals surface area (Å²) in [6.45, 7) is 6.83. The van der Waals surface area contributed by atoms with Crippen LogP contribution in [0.1, 0.15) is 59.3 Å². The standard InChI is InChI=1S/C13H21NO2/c1-10-4-11(2)6-12(3,5-10)9-13(7-10,8-11)14(15)16/h4-9H2,1-3H3. The van der Waals surface area contributed by atoms with Gasteiger partial charge in [-0.25, -0.2) is 0 Å². The molecule has 4 saturated carbocycles. The molecule has 0 spiro atoms. The lowest BCUT2D eigenvalue weighted by Gasteiger charge is -2.65. The first-order chi connectivity index (χ1) is 7.19. The van der Waals surface area contributed by atoms with Crippen LogP contribution in [0.2, 0.25) is 0 Å². The zero-order valence-electron chi connectivity index (χ0n) is 10.5. The molecule has 0 saturated heterocycles. The number of rotatable bonds is 1. The Morgan fingerprint density at radius 1 is 0.812 bits per heavy atom. The third-order valence-electron chi connectivity index (χ3n) is 5.22. The molecule has 4 fully saturated rings. The highest BCUT2D eigenvalue weighted by Crippen LogP contribution is 2.71. The summed E-state index contributed by atoms with van der Waals surface area (Å²) >= 11 is 0. The Hall–Kier alpha value is -0.600. The first-order valence-electron chi connectivity index (χ1n) is 6.33. The minimum absolute atomic E-state index is 0.0548. The highest BCUT2D eigenvalue weighted by atomic mass is 16.6. The summed E-state index contributed by atoms with van der Waals surface area (Å²) in [6, 6.07) is 0. The van der Waals surface area contributed by atoms with E-state index in [1.165, 1.54) is 19.3 Å². The molecule has 4 bridgehead atoms. The molecule has 3 heteroatoms. The van der Waals surface area contributed by atoms with E-state index in [4.69, 9.17) is 0 Å². The molecule has 0 aromatic heterocycles. The molecular weight excluding hydrogens is 202 g/mol.